The number of fused-ring (bicyclic) bond motifs is 8. The number of nitrogens with one attached hydrogen (secondary N) is 2. The molecule has 0 spiro atoms. The molecule has 0 atom stereocenters. The number of furan rings is 2. The van der Waals surface area contributed by atoms with Gasteiger partial charge in [0.1, 0.15) is 5.76 Å². The summed E-state index contributed by atoms with van der Waals surface area (Å²) < 4.78 is 10.1. The van der Waals surface area contributed by atoms with Gasteiger partial charge < -0.3 is 23.9 Å². The Balaban J connectivity index is 0.000000453. The second-order valence-electron chi connectivity index (χ2n) is 8.35. The largest absolute Gasteiger partial charge is 0.475 e. The van der Waals surface area contributed by atoms with E-state index in [1.54, 1.807) is 18.6 Å². The van der Waals surface area contributed by atoms with Gasteiger partial charge in [-0.25, -0.2) is 14.8 Å². The molecule has 0 saturated carbocycles. The van der Waals surface area contributed by atoms with Crippen LogP contribution in [-0.2, 0) is 0 Å². The Morgan fingerprint density at radius 3 is 1.86 bits per heavy atom. The first kappa shape index (κ1) is 22.1. The standard InChI is InChI=1S/C25H16N4O3.C4H4O/c30-25(31)24-8-7-23(32-24)21-12-20-11-18-4-3-16(27-18)9-14-1-2-15(26-14)10-17-5-6-19(28-17)13-22(21)29-20;1-2-4-5-3-1/h1-13,27-28H,(H,30,31);1-4H. The molecule has 8 bridgehead atoms. The van der Waals surface area contributed by atoms with Crippen molar-refractivity contribution in [3.05, 3.63) is 120 Å². The lowest BCUT2D eigenvalue weighted by atomic mass is 10.1. The van der Waals surface area contributed by atoms with Crippen molar-refractivity contribution in [3.8, 4) is 0 Å². The number of H-pyrrole nitrogens is 2. The van der Waals surface area contributed by atoms with E-state index in [1.807, 2.05) is 78.9 Å². The summed E-state index contributed by atoms with van der Waals surface area (Å²) in [4.78, 5) is 27.4. The van der Waals surface area contributed by atoms with Gasteiger partial charge in [-0.15, -0.1) is 0 Å². The molecule has 2 aliphatic rings. The zero-order valence-corrected chi connectivity index (χ0v) is 19.4. The van der Waals surface area contributed by atoms with Crippen LogP contribution in [0.5, 0.6) is 0 Å². The van der Waals surface area contributed by atoms with Crippen LogP contribution < -0.4 is 0 Å². The quantitative estimate of drug-likeness (QED) is 0.251. The zero-order chi connectivity index (χ0) is 25.2. The highest BCUT2D eigenvalue weighted by Gasteiger charge is 2.18. The second-order valence-corrected chi connectivity index (χ2v) is 8.35. The van der Waals surface area contributed by atoms with Crippen molar-refractivity contribution in [1.82, 2.24) is 19.9 Å². The molecule has 7 heterocycles. The molecule has 3 N–H and O–H groups in total. The molecule has 5 aromatic rings. The van der Waals surface area contributed by atoms with Crippen LogP contribution in [0.2, 0.25) is 0 Å². The molecule has 180 valence electrons. The molecule has 5 aromatic heterocycles. The average molecular weight is 489 g/mol. The first-order valence-electron chi connectivity index (χ1n) is 11.5. The maximum absolute atomic E-state index is 11.3. The lowest BCUT2D eigenvalue weighted by molar-refractivity contribution is 0.0662. The van der Waals surface area contributed by atoms with E-state index in [0.717, 1.165) is 39.1 Å². The molecular formula is C29H20N4O4. The third-order valence-corrected chi connectivity index (χ3v) is 5.67. The molecule has 8 nitrogen and oxygen atoms in total. The highest BCUT2D eigenvalue weighted by atomic mass is 16.4. The molecule has 8 heteroatoms. The van der Waals surface area contributed by atoms with Crippen molar-refractivity contribution < 1.29 is 18.7 Å². The van der Waals surface area contributed by atoms with E-state index in [9.17, 15) is 9.90 Å². The van der Waals surface area contributed by atoms with E-state index >= 15 is 0 Å². The lowest BCUT2D eigenvalue weighted by Crippen LogP contribution is -1.92. The van der Waals surface area contributed by atoms with Gasteiger partial charge in [0.2, 0.25) is 5.76 Å². The summed E-state index contributed by atoms with van der Waals surface area (Å²) in [6.45, 7) is 0. The summed E-state index contributed by atoms with van der Waals surface area (Å²) >= 11 is 0. The SMILES string of the molecule is O=C(O)c1ccc(C2=Cc3cc4ccc(cc5nc(cc6ccc(cc2n3)[nH]6)C=C5)[nH]4)o1.c1ccoc1. The molecule has 7 rings (SSSR count). The maximum atomic E-state index is 11.3. The summed E-state index contributed by atoms with van der Waals surface area (Å²) in [7, 11) is 0. The van der Waals surface area contributed by atoms with E-state index < -0.39 is 5.97 Å². The van der Waals surface area contributed by atoms with Crippen molar-refractivity contribution in [2.45, 2.75) is 0 Å². The molecule has 0 radical (unpaired) electrons. The first-order chi connectivity index (χ1) is 18.1. The highest BCUT2D eigenvalue weighted by Crippen LogP contribution is 2.30. The van der Waals surface area contributed by atoms with Crippen molar-refractivity contribution in [3.63, 3.8) is 0 Å². The van der Waals surface area contributed by atoms with Crippen LogP contribution in [-0.4, -0.2) is 31.0 Å². The lowest BCUT2D eigenvalue weighted by Gasteiger charge is -1.96. The number of carbonyl (C=O) groups is 1. The Hall–Kier alpha value is -5.37. The van der Waals surface area contributed by atoms with Crippen molar-refractivity contribution in [2.24, 2.45) is 0 Å². The fraction of sp³-hybridized carbons (Fsp3) is 0. The van der Waals surface area contributed by atoms with E-state index in [-0.39, 0.29) is 5.76 Å². The Morgan fingerprint density at radius 2 is 1.32 bits per heavy atom. The third kappa shape index (κ3) is 4.89. The average Bonchev–Trinajstić information content (AvgIpc) is 3.70. The van der Waals surface area contributed by atoms with Crippen LogP contribution in [0.15, 0.2) is 94.2 Å². The molecular weight excluding hydrogens is 468 g/mol. The number of hydrogen-bond donors (Lipinski definition) is 3. The Labute approximate surface area is 210 Å². The van der Waals surface area contributed by atoms with Crippen LogP contribution >= 0.6 is 0 Å². The maximum Gasteiger partial charge on any atom is 0.371 e. The van der Waals surface area contributed by atoms with Gasteiger partial charge in [0, 0.05) is 27.6 Å². The van der Waals surface area contributed by atoms with Crippen LogP contribution in [0, 0.1) is 0 Å². The number of hydrogen-bond acceptors (Lipinski definition) is 5. The molecule has 0 unspecified atom stereocenters. The second kappa shape index (κ2) is 9.35. The minimum absolute atomic E-state index is 0.112. The fourth-order valence-corrected chi connectivity index (χ4v) is 4.04. The summed E-state index contributed by atoms with van der Waals surface area (Å²) in [5, 5.41) is 9.22. The Morgan fingerprint density at radius 1 is 0.730 bits per heavy atom. The minimum atomic E-state index is -1.11. The zero-order valence-electron chi connectivity index (χ0n) is 19.4. The number of carboxylic acids is 1. The Kier molecular flexibility index (Phi) is 5.59. The van der Waals surface area contributed by atoms with Gasteiger partial charge >= 0.3 is 5.97 Å². The summed E-state index contributed by atoms with van der Waals surface area (Å²) in [6, 6.07) is 22.5. The van der Waals surface area contributed by atoms with Gasteiger partial charge in [0.15, 0.2) is 0 Å². The monoisotopic (exact) mass is 488 g/mol. The number of aromatic carboxylic acids is 1. The van der Waals surface area contributed by atoms with E-state index in [2.05, 4.69) is 19.4 Å². The van der Waals surface area contributed by atoms with Gasteiger partial charge in [-0.1, -0.05) is 0 Å². The van der Waals surface area contributed by atoms with Crippen LogP contribution in [0.3, 0.4) is 0 Å². The number of rotatable bonds is 2. The fourth-order valence-electron chi connectivity index (χ4n) is 4.04. The van der Waals surface area contributed by atoms with E-state index in [0.29, 0.717) is 17.0 Å². The number of nitrogens with zero attached hydrogens (tertiary/aromatic N) is 2. The molecule has 0 saturated heterocycles. The molecule has 0 fully saturated rings. The number of aromatic nitrogens is 4. The molecule has 37 heavy (non-hydrogen) atoms. The molecule has 0 aliphatic carbocycles. The van der Waals surface area contributed by atoms with Gasteiger partial charge in [0.05, 0.1) is 35.3 Å². The summed E-state index contributed by atoms with van der Waals surface area (Å²) in [5.41, 5.74) is 7.46. The van der Waals surface area contributed by atoms with Crippen molar-refractivity contribution in [1.29, 1.82) is 0 Å². The summed E-state index contributed by atoms with van der Waals surface area (Å²) in [5.74, 6) is -0.771. The van der Waals surface area contributed by atoms with Crippen molar-refractivity contribution in [2.75, 3.05) is 0 Å². The van der Waals surface area contributed by atoms with Crippen LogP contribution in [0.25, 0.3) is 45.9 Å². The van der Waals surface area contributed by atoms with Crippen LogP contribution in [0.4, 0.5) is 0 Å². The van der Waals surface area contributed by atoms with E-state index in [4.69, 9.17) is 9.40 Å². The third-order valence-electron chi connectivity index (χ3n) is 5.67. The topological polar surface area (TPSA) is 121 Å². The van der Waals surface area contributed by atoms with Gasteiger partial charge in [-0.2, -0.15) is 0 Å². The molecule has 0 amide bonds. The highest BCUT2D eigenvalue weighted by molar-refractivity contribution is 5.93. The number of carboxylic acid groups (broad SMARTS) is 1. The Bertz CT molecular complexity index is 1800. The predicted molar refractivity (Wildman–Crippen MR) is 141 cm³/mol. The van der Waals surface area contributed by atoms with Crippen molar-refractivity contribution >= 4 is 51.8 Å². The summed E-state index contributed by atoms with van der Waals surface area (Å²) in [6.07, 6.45) is 9.10. The minimum Gasteiger partial charge on any atom is -0.475 e. The van der Waals surface area contributed by atoms with Gasteiger partial charge in [-0.05, 0) is 91.0 Å². The smallest absolute Gasteiger partial charge is 0.371 e. The molecule has 2 aliphatic heterocycles. The first-order valence-corrected chi connectivity index (χ1v) is 11.5. The van der Waals surface area contributed by atoms with Crippen LogP contribution in [0.1, 0.15) is 39.1 Å². The van der Waals surface area contributed by atoms with Gasteiger partial charge in [0.25, 0.3) is 0 Å². The number of aromatic amines is 2. The predicted octanol–water partition coefficient (Wildman–Crippen LogP) is 6.64. The van der Waals surface area contributed by atoms with E-state index in [1.165, 1.54) is 6.07 Å². The van der Waals surface area contributed by atoms with Gasteiger partial charge in [-0.3, -0.25) is 0 Å². The normalized spacial score (nSPS) is 12.1. The molecule has 0 aromatic carbocycles.